The maximum atomic E-state index is 13.4. The van der Waals surface area contributed by atoms with Gasteiger partial charge in [0.2, 0.25) is 0 Å². The zero-order chi connectivity index (χ0) is 14.4. The van der Waals surface area contributed by atoms with Crippen LogP contribution in [0.1, 0.15) is 5.56 Å². The highest BCUT2D eigenvalue weighted by Crippen LogP contribution is 2.11. The second-order valence-electron chi connectivity index (χ2n) is 3.83. The Balaban J connectivity index is 1.93. The first-order valence-corrected chi connectivity index (χ1v) is 6.17. The molecule has 2 aromatic carbocycles. The van der Waals surface area contributed by atoms with Crippen molar-refractivity contribution in [3.8, 4) is 0 Å². The van der Waals surface area contributed by atoms with Crippen LogP contribution in [0.5, 0.6) is 0 Å². The highest BCUT2D eigenvalue weighted by atomic mass is 32.1. The van der Waals surface area contributed by atoms with E-state index in [9.17, 15) is 8.78 Å². The molecule has 0 atom stereocenters. The monoisotopic (exact) mass is 291 g/mol. The van der Waals surface area contributed by atoms with Crippen molar-refractivity contribution < 1.29 is 8.78 Å². The summed E-state index contributed by atoms with van der Waals surface area (Å²) in [5.41, 5.74) is 3.06. The van der Waals surface area contributed by atoms with Crippen LogP contribution >= 0.6 is 12.2 Å². The van der Waals surface area contributed by atoms with Gasteiger partial charge >= 0.3 is 0 Å². The van der Waals surface area contributed by atoms with Crippen molar-refractivity contribution in [3.05, 3.63) is 65.7 Å². The number of rotatable bonds is 3. The van der Waals surface area contributed by atoms with Crippen molar-refractivity contribution in [2.45, 2.75) is 0 Å². The van der Waals surface area contributed by atoms with Crippen LogP contribution in [0.3, 0.4) is 0 Å². The van der Waals surface area contributed by atoms with Gasteiger partial charge in [0.25, 0.3) is 0 Å². The van der Waals surface area contributed by atoms with Gasteiger partial charge < -0.3 is 5.32 Å². The molecule has 6 heteroatoms. The van der Waals surface area contributed by atoms with Crippen molar-refractivity contribution in [1.29, 1.82) is 0 Å². The fourth-order valence-electron chi connectivity index (χ4n) is 1.45. The smallest absolute Gasteiger partial charge is 0.191 e. The summed E-state index contributed by atoms with van der Waals surface area (Å²) < 4.78 is 26.6. The van der Waals surface area contributed by atoms with Gasteiger partial charge in [0.15, 0.2) is 5.11 Å². The van der Waals surface area contributed by atoms with Gasteiger partial charge in [-0.1, -0.05) is 30.3 Å². The average molecular weight is 291 g/mol. The molecule has 2 rings (SSSR count). The summed E-state index contributed by atoms with van der Waals surface area (Å²) in [6.45, 7) is 0. The van der Waals surface area contributed by atoms with Gasteiger partial charge in [-0.2, -0.15) is 5.10 Å². The van der Waals surface area contributed by atoms with Crippen molar-refractivity contribution in [1.82, 2.24) is 5.43 Å². The van der Waals surface area contributed by atoms with Crippen LogP contribution in [0.25, 0.3) is 0 Å². The first-order valence-electron chi connectivity index (χ1n) is 5.76. The van der Waals surface area contributed by atoms with Crippen LogP contribution in [0.15, 0.2) is 53.6 Å². The molecule has 0 bridgehead atoms. The highest BCUT2D eigenvalue weighted by molar-refractivity contribution is 7.80. The predicted molar refractivity (Wildman–Crippen MR) is 79.8 cm³/mol. The van der Waals surface area contributed by atoms with E-state index in [2.05, 4.69) is 15.8 Å². The Labute approximate surface area is 120 Å². The molecule has 0 aliphatic heterocycles. The Morgan fingerprint density at radius 2 is 1.65 bits per heavy atom. The lowest BCUT2D eigenvalue weighted by Crippen LogP contribution is -2.24. The molecule has 3 nitrogen and oxygen atoms in total. The number of hydrogen-bond donors (Lipinski definition) is 2. The zero-order valence-electron chi connectivity index (χ0n) is 10.3. The summed E-state index contributed by atoms with van der Waals surface area (Å²) in [4.78, 5) is 0. The number of nitrogens with zero attached hydrogens (tertiary/aromatic N) is 1. The van der Waals surface area contributed by atoms with E-state index in [1.165, 1.54) is 18.3 Å². The number of halogens is 2. The summed E-state index contributed by atoms with van der Waals surface area (Å²) in [6, 6.07) is 12.3. The fraction of sp³-hybridized carbons (Fsp3) is 0. The van der Waals surface area contributed by atoms with Crippen molar-refractivity contribution >= 4 is 29.2 Å². The van der Waals surface area contributed by atoms with Crippen LogP contribution in [0, 0.1) is 11.6 Å². The molecule has 0 aliphatic rings. The highest BCUT2D eigenvalue weighted by Gasteiger charge is 2.01. The van der Waals surface area contributed by atoms with Crippen LogP contribution in [-0.4, -0.2) is 11.3 Å². The third-order valence-corrected chi connectivity index (χ3v) is 2.59. The fourth-order valence-corrected chi connectivity index (χ4v) is 1.62. The van der Waals surface area contributed by atoms with Crippen molar-refractivity contribution in [3.63, 3.8) is 0 Å². The molecule has 2 aromatic rings. The van der Waals surface area contributed by atoms with Crippen molar-refractivity contribution in [2.75, 3.05) is 5.32 Å². The number of anilines is 1. The summed E-state index contributed by atoms with van der Waals surface area (Å²) in [7, 11) is 0. The minimum absolute atomic E-state index is 0.114. The number of nitrogens with one attached hydrogen (secondary N) is 2. The first kappa shape index (κ1) is 14.1. The summed E-state index contributed by atoms with van der Waals surface area (Å²) in [5.74, 6) is -0.805. The van der Waals surface area contributed by atoms with E-state index in [0.717, 1.165) is 0 Å². The first-order chi connectivity index (χ1) is 9.66. The second kappa shape index (κ2) is 6.72. The lowest BCUT2D eigenvalue weighted by molar-refractivity contribution is 0.626. The van der Waals surface area contributed by atoms with Gasteiger partial charge in [0.1, 0.15) is 11.6 Å². The molecule has 102 valence electrons. The number of hydrazone groups is 1. The number of para-hydroxylation sites is 1. The van der Waals surface area contributed by atoms with E-state index >= 15 is 0 Å². The largest absolute Gasteiger partial charge is 0.329 e. The molecule has 0 fully saturated rings. The van der Waals surface area contributed by atoms with Crippen LogP contribution in [-0.2, 0) is 0 Å². The molecule has 0 amide bonds. The molecule has 0 spiro atoms. The molecule has 0 unspecified atom stereocenters. The molecule has 0 aromatic heterocycles. The Kier molecular flexibility index (Phi) is 4.73. The van der Waals surface area contributed by atoms with Crippen LogP contribution in [0.4, 0.5) is 14.5 Å². The van der Waals surface area contributed by atoms with Crippen molar-refractivity contribution in [2.24, 2.45) is 5.10 Å². The molecule has 0 saturated carbocycles. The minimum Gasteiger partial charge on any atom is -0.329 e. The third-order valence-electron chi connectivity index (χ3n) is 2.40. The predicted octanol–water partition coefficient (Wildman–Crippen LogP) is 3.29. The van der Waals surface area contributed by atoms with Gasteiger partial charge in [-0.15, -0.1) is 0 Å². The number of benzene rings is 2. The normalized spacial score (nSPS) is 10.5. The maximum absolute atomic E-state index is 13.4. The van der Waals surface area contributed by atoms with Gasteiger partial charge in [-0.3, -0.25) is 5.43 Å². The number of hydrogen-bond acceptors (Lipinski definition) is 2. The molecule has 0 aliphatic carbocycles. The Morgan fingerprint density at radius 1 is 1.00 bits per heavy atom. The maximum Gasteiger partial charge on any atom is 0.191 e. The van der Waals surface area contributed by atoms with Gasteiger partial charge in [-0.05, 0) is 30.4 Å². The lowest BCUT2D eigenvalue weighted by Gasteiger charge is -2.07. The zero-order valence-corrected chi connectivity index (χ0v) is 11.1. The molecule has 0 heterocycles. The van der Waals surface area contributed by atoms with E-state index in [-0.39, 0.29) is 16.6 Å². The van der Waals surface area contributed by atoms with E-state index in [1.54, 1.807) is 36.4 Å². The minimum atomic E-state index is -0.422. The average Bonchev–Trinajstić information content (AvgIpc) is 2.43. The van der Waals surface area contributed by atoms with Crippen LogP contribution in [0.2, 0.25) is 0 Å². The summed E-state index contributed by atoms with van der Waals surface area (Å²) in [6.07, 6.45) is 1.30. The Bertz CT molecular complexity index is 644. The van der Waals surface area contributed by atoms with Gasteiger partial charge in [0.05, 0.1) is 11.9 Å². The molecule has 20 heavy (non-hydrogen) atoms. The number of thiocarbonyl (C=S) groups is 1. The SMILES string of the molecule is Fc1ccccc1/C=N\NC(=S)Nc1ccccc1F. The van der Waals surface area contributed by atoms with E-state index in [1.807, 2.05) is 0 Å². The summed E-state index contributed by atoms with van der Waals surface area (Å²) in [5, 5.41) is 6.55. The van der Waals surface area contributed by atoms with E-state index in [0.29, 0.717) is 5.56 Å². The summed E-state index contributed by atoms with van der Waals surface area (Å²) >= 11 is 4.95. The van der Waals surface area contributed by atoms with E-state index < -0.39 is 5.82 Å². The standard InChI is InChI=1S/C14H11F2N3S/c15-11-6-2-1-5-10(11)9-17-19-14(20)18-13-8-4-3-7-12(13)16/h1-9H,(H2,18,19,20)/b17-9-. The molecule has 2 N–H and O–H groups in total. The molecule has 0 saturated heterocycles. The molecule has 0 radical (unpaired) electrons. The second-order valence-corrected chi connectivity index (χ2v) is 4.23. The molecular weight excluding hydrogens is 280 g/mol. The topological polar surface area (TPSA) is 36.4 Å². The third kappa shape index (κ3) is 3.83. The Morgan fingerprint density at radius 3 is 2.35 bits per heavy atom. The van der Waals surface area contributed by atoms with Gasteiger partial charge in [0, 0.05) is 5.56 Å². The quantitative estimate of drug-likeness (QED) is 0.517. The van der Waals surface area contributed by atoms with Crippen LogP contribution < -0.4 is 10.7 Å². The van der Waals surface area contributed by atoms with E-state index in [4.69, 9.17) is 12.2 Å². The van der Waals surface area contributed by atoms with Gasteiger partial charge in [-0.25, -0.2) is 8.78 Å². The lowest BCUT2D eigenvalue weighted by atomic mass is 10.2. The molecular formula is C14H11F2N3S. The Hall–Kier alpha value is -2.34.